The fourth-order valence-corrected chi connectivity index (χ4v) is 2.77. The van der Waals surface area contributed by atoms with Crippen LogP contribution in [0.25, 0.3) is 6.08 Å². The molecule has 1 aromatic carbocycles. The molecule has 1 amide bonds. The summed E-state index contributed by atoms with van der Waals surface area (Å²) in [6, 6.07) is 8.15. The third-order valence-electron chi connectivity index (χ3n) is 4.30. The molecule has 9 nitrogen and oxygen atoms in total. The van der Waals surface area contributed by atoms with Gasteiger partial charge in [-0.25, -0.2) is 10.5 Å². The summed E-state index contributed by atoms with van der Waals surface area (Å²) in [4.78, 5) is 21.7. The molecule has 0 radical (unpaired) electrons. The minimum atomic E-state index is -0.625. The van der Waals surface area contributed by atoms with Crippen molar-refractivity contribution < 1.29 is 19.5 Å². The molecule has 0 aliphatic carbocycles. The third kappa shape index (κ3) is 7.15. The Morgan fingerprint density at radius 2 is 2.00 bits per heavy atom. The van der Waals surface area contributed by atoms with Crippen molar-refractivity contribution in [3.8, 4) is 5.75 Å². The lowest BCUT2D eigenvalue weighted by atomic mass is 10.2. The number of rotatable bonds is 9. The molecule has 2 aromatic rings. The second-order valence-electron chi connectivity index (χ2n) is 6.44. The summed E-state index contributed by atoms with van der Waals surface area (Å²) in [6.07, 6.45) is 5.71. The number of carbonyl (C=O) groups excluding carboxylic acids is 1. The molecular formula is C20H25N5O4. The predicted molar refractivity (Wildman–Crippen MR) is 108 cm³/mol. The van der Waals surface area contributed by atoms with Crippen LogP contribution >= 0.6 is 0 Å². The normalized spacial score (nSPS) is 14.7. The van der Waals surface area contributed by atoms with Gasteiger partial charge in [0.1, 0.15) is 18.2 Å². The van der Waals surface area contributed by atoms with Gasteiger partial charge in [0.15, 0.2) is 0 Å². The molecular weight excluding hydrogens is 374 g/mol. The van der Waals surface area contributed by atoms with Crippen LogP contribution < -0.4 is 15.5 Å². The van der Waals surface area contributed by atoms with Gasteiger partial charge < -0.3 is 14.8 Å². The average molecular weight is 399 g/mol. The number of nitrogens with one attached hydrogen (secondary N) is 2. The van der Waals surface area contributed by atoms with Gasteiger partial charge >= 0.3 is 0 Å². The first-order valence-electron chi connectivity index (χ1n) is 9.43. The molecule has 1 fully saturated rings. The van der Waals surface area contributed by atoms with E-state index in [-0.39, 0.29) is 0 Å². The van der Waals surface area contributed by atoms with E-state index >= 15 is 0 Å². The first kappa shape index (κ1) is 20.7. The zero-order valence-corrected chi connectivity index (χ0v) is 16.1. The predicted octanol–water partition coefficient (Wildman–Crippen LogP) is 1.32. The molecule has 0 spiro atoms. The molecule has 0 atom stereocenters. The topological polar surface area (TPSA) is 109 Å². The maximum Gasteiger partial charge on any atom is 0.267 e. The summed E-state index contributed by atoms with van der Waals surface area (Å²) in [6.45, 7) is 5.55. The maximum atomic E-state index is 10.9. The Morgan fingerprint density at radius 3 is 2.69 bits per heavy atom. The number of ether oxygens (including phenoxy) is 2. The third-order valence-corrected chi connectivity index (χ3v) is 4.30. The van der Waals surface area contributed by atoms with Gasteiger partial charge in [0.05, 0.1) is 37.8 Å². The van der Waals surface area contributed by atoms with Crippen LogP contribution in [0.2, 0.25) is 0 Å². The maximum absolute atomic E-state index is 10.9. The quantitative estimate of drug-likeness (QED) is 0.251. The molecule has 3 rings (SSSR count). The Hall–Kier alpha value is -3.01. The van der Waals surface area contributed by atoms with E-state index in [1.54, 1.807) is 6.20 Å². The zero-order chi connectivity index (χ0) is 20.3. The second kappa shape index (κ2) is 11.1. The lowest BCUT2D eigenvalue weighted by Crippen LogP contribution is -2.35. The van der Waals surface area contributed by atoms with Gasteiger partial charge in [0.2, 0.25) is 0 Å². The van der Waals surface area contributed by atoms with Gasteiger partial charge in [-0.1, -0.05) is 12.1 Å². The number of hydrogen-bond donors (Lipinski definition) is 3. The molecule has 1 aromatic heterocycles. The van der Waals surface area contributed by atoms with Crippen molar-refractivity contribution in [2.75, 3.05) is 44.8 Å². The van der Waals surface area contributed by atoms with E-state index in [2.05, 4.69) is 32.3 Å². The Kier molecular flexibility index (Phi) is 7.93. The number of aromatic nitrogens is 2. The van der Waals surface area contributed by atoms with Crippen LogP contribution in [0.3, 0.4) is 0 Å². The monoisotopic (exact) mass is 399 g/mol. The highest BCUT2D eigenvalue weighted by molar-refractivity contribution is 5.90. The van der Waals surface area contributed by atoms with E-state index in [4.69, 9.17) is 14.7 Å². The molecule has 0 bridgehead atoms. The molecule has 3 N–H and O–H groups in total. The highest BCUT2D eigenvalue weighted by Crippen LogP contribution is 2.14. The van der Waals surface area contributed by atoms with Gasteiger partial charge in [-0.2, -0.15) is 0 Å². The number of hydroxylamine groups is 1. The number of nitrogens with zero attached hydrogens (tertiary/aromatic N) is 3. The molecule has 0 unspecified atom stereocenters. The van der Waals surface area contributed by atoms with E-state index in [0.717, 1.165) is 44.7 Å². The first-order chi connectivity index (χ1) is 14.2. The van der Waals surface area contributed by atoms with Crippen LogP contribution in [-0.4, -0.2) is 65.4 Å². The van der Waals surface area contributed by atoms with E-state index in [9.17, 15) is 4.79 Å². The van der Waals surface area contributed by atoms with Crippen LogP contribution in [0.1, 0.15) is 11.3 Å². The average Bonchev–Trinajstić information content (AvgIpc) is 2.77. The Balaban J connectivity index is 1.36. The fraction of sp³-hybridized carbons (Fsp3) is 0.350. The Bertz CT molecular complexity index is 790. The first-order valence-corrected chi connectivity index (χ1v) is 9.43. The molecule has 1 saturated heterocycles. The van der Waals surface area contributed by atoms with E-state index < -0.39 is 5.91 Å². The van der Waals surface area contributed by atoms with Crippen LogP contribution in [0.4, 0.5) is 5.82 Å². The number of benzene rings is 1. The standard InChI is InChI=1S/C20H25N5O4/c26-20(24-27)6-3-17-13-23-19(14-22-17)21-7-10-29-18-4-1-16(2-5-18)15-25-8-11-28-12-9-25/h1-6,13-14,27H,7-12,15H2,(H,21,23)(H,24,26). The van der Waals surface area contributed by atoms with Gasteiger partial charge in [-0.3, -0.25) is 19.9 Å². The number of morpholine rings is 1. The van der Waals surface area contributed by atoms with Crippen molar-refractivity contribution >= 4 is 17.8 Å². The smallest absolute Gasteiger partial charge is 0.267 e. The van der Waals surface area contributed by atoms with Crippen LogP contribution in [0.5, 0.6) is 5.75 Å². The highest BCUT2D eigenvalue weighted by Gasteiger charge is 2.10. The van der Waals surface area contributed by atoms with Crippen molar-refractivity contribution in [2.24, 2.45) is 0 Å². The minimum absolute atomic E-state index is 0.489. The summed E-state index contributed by atoms with van der Waals surface area (Å²) in [7, 11) is 0. The highest BCUT2D eigenvalue weighted by atomic mass is 16.5. The number of amides is 1. The molecule has 29 heavy (non-hydrogen) atoms. The summed E-state index contributed by atoms with van der Waals surface area (Å²) >= 11 is 0. The van der Waals surface area contributed by atoms with Crippen molar-refractivity contribution in [3.05, 3.63) is 54.0 Å². The van der Waals surface area contributed by atoms with Gasteiger partial charge in [0, 0.05) is 25.7 Å². The summed E-state index contributed by atoms with van der Waals surface area (Å²) in [5.74, 6) is 0.810. The lowest BCUT2D eigenvalue weighted by molar-refractivity contribution is -0.124. The van der Waals surface area contributed by atoms with Crippen molar-refractivity contribution in [1.29, 1.82) is 0 Å². The molecule has 154 valence electrons. The summed E-state index contributed by atoms with van der Waals surface area (Å²) < 4.78 is 11.1. The zero-order valence-electron chi connectivity index (χ0n) is 16.1. The van der Waals surface area contributed by atoms with Crippen molar-refractivity contribution in [3.63, 3.8) is 0 Å². The van der Waals surface area contributed by atoms with Crippen molar-refractivity contribution in [2.45, 2.75) is 6.54 Å². The van der Waals surface area contributed by atoms with Crippen molar-refractivity contribution in [1.82, 2.24) is 20.3 Å². The number of hydrogen-bond acceptors (Lipinski definition) is 8. The summed E-state index contributed by atoms with van der Waals surface area (Å²) in [5, 5.41) is 11.5. The van der Waals surface area contributed by atoms with Gasteiger partial charge in [-0.15, -0.1) is 0 Å². The molecule has 1 aliphatic rings. The largest absolute Gasteiger partial charge is 0.492 e. The van der Waals surface area contributed by atoms with E-state index in [1.165, 1.54) is 23.3 Å². The van der Waals surface area contributed by atoms with Gasteiger partial charge in [-0.05, 0) is 23.8 Å². The summed E-state index contributed by atoms with van der Waals surface area (Å²) in [5.41, 5.74) is 3.28. The number of anilines is 1. The van der Waals surface area contributed by atoms with E-state index in [1.807, 2.05) is 12.1 Å². The van der Waals surface area contributed by atoms with E-state index in [0.29, 0.717) is 24.7 Å². The van der Waals surface area contributed by atoms with Crippen LogP contribution in [0.15, 0.2) is 42.7 Å². The number of carbonyl (C=O) groups is 1. The van der Waals surface area contributed by atoms with Crippen LogP contribution in [-0.2, 0) is 16.1 Å². The molecule has 1 aliphatic heterocycles. The minimum Gasteiger partial charge on any atom is -0.492 e. The van der Waals surface area contributed by atoms with Crippen LogP contribution in [0, 0.1) is 0 Å². The van der Waals surface area contributed by atoms with Gasteiger partial charge in [0.25, 0.3) is 5.91 Å². The lowest BCUT2D eigenvalue weighted by Gasteiger charge is -2.26. The molecule has 0 saturated carbocycles. The second-order valence-corrected chi connectivity index (χ2v) is 6.44. The molecule has 9 heteroatoms. The fourth-order valence-electron chi connectivity index (χ4n) is 2.77. The SMILES string of the molecule is O=C(C=Cc1cnc(NCCOc2ccc(CN3CCOCC3)cc2)cn1)NO. The molecule has 2 heterocycles. The Morgan fingerprint density at radius 1 is 1.21 bits per heavy atom. The Labute approximate surface area is 169 Å².